The predicted octanol–water partition coefficient (Wildman–Crippen LogP) is 3.97. The van der Waals surface area contributed by atoms with Gasteiger partial charge < -0.3 is 15.4 Å². The normalized spacial score (nSPS) is 15.3. The summed E-state index contributed by atoms with van der Waals surface area (Å²) < 4.78 is 33.1. The number of para-hydroxylation sites is 1. The number of amides is 2. The monoisotopic (exact) mass is 501 g/mol. The van der Waals surface area contributed by atoms with E-state index in [0.29, 0.717) is 42.1 Å². The van der Waals surface area contributed by atoms with Crippen molar-refractivity contribution in [1.82, 2.24) is 9.62 Å². The van der Waals surface area contributed by atoms with Gasteiger partial charge in [-0.05, 0) is 68.5 Å². The number of ether oxygens (including phenoxy) is 1. The molecule has 2 N–H and O–H groups in total. The van der Waals surface area contributed by atoms with Crippen molar-refractivity contribution >= 4 is 27.5 Å². The zero-order valence-electron chi connectivity index (χ0n) is 20.7. The Morgan fingerprint density at radius 1 is 1.09 bits per heavy atom. The van der Waals surface area contributed by atoms with Crippen LogP contribution in [0.15, 0.2) is 47.4 Å². The molecule has 2 aromatic rings. The Balaban J connectivity index is 1.71. The Labute approximate surface area is 208 Å². The van der Waals surface area contributed by atoms with Crippen molar-refractivity contribution in [3.63, 3.8) is 0 Å². The summed E-state index contributed by atoms with van der Waals surface area (Å²) in [6.45, 7) is 4.96. The van der Waals surface area contributed by atoms with Gasteiger partial charge in [0.25, 0.3) is 5.91 Å². The molecule has 2 amide bonds. The Bertz CT molecular complexity index is 1140. The Morgan fingerprint density at radius 2 is 1.80 bits per heavy atom. The van der Waals surface area contributed by atoms with Gasteiger partial charge >= 0.3 is 0 Å². The van der Waals surface area contributed by atoms with Crippen LogP contribution in [-0.2, 0) is 21.2 Å². The van der Waals surface area contributed by atoms with Gasteiger partial charge in [0, 0.05) is 25.6 Å². The van der Waals surface area contributed by atoms with Crippen molar-refractivity contribution in [3.05, 3.63) is 53.6 Å². The van der Waals surface area contributed by atoms with Crippen LogP contribution in [0, 0.1) is 0 Å². The molecule has 190 valence electrons. The molecule has 0 saturated carbocycles. The highest BCUT2D eigenvalue weighted by molar-refractivity contribution is 7.89. The van der Waals surface area contributed by atoms with Gasteiger partial charge in [-0.25, -0.2) is 8.42 Å². The Morgan fingerprint density at radius 3 is 2.49 bits per heavy atom. The standard InChI is InChI=1S/C26H35N3O5S/c1-4-19(2)27-26(31)22-10-6-7-11-23(22)28-25(30)15-12-20-18-21(13-14-24(20)34-3)35(32,33)29-16-8-5-9-17-29/h6-7,10-11,13-14,18-19H,4-5,8-9,12,15-17H2,1-3H3,(H,27,31)(H,28,30)/t19-/m1/s1. The van der Waals surface area contributed by atoms with Crippen LogP contribution in [-0.4, -0.2) is 50.8 Å². The minimum absolute atomic E-state index is 0.0206. The van der Waals surface area contributed by atoms with Crippen LogP contribution >= 0.6 is 0 Å². The van der Waals surface area contributed by atoms with Crippen molar-refractivity contribution in [2.45, 2.75) is 63.3 Å². The van der Waals surface area contributed by atoms with E-state index >= 15 is 0 Å². The van der Waals surface area contributed by atoms with Crippen molar-refractivity contribution in [2.75, 3.05) is 25.5 Å². The van der Waals surface area contributed by atoms with Crippen LogP contribution in [0.3, 0.4) is 0 Å². The average Bonchev–Trinajstić information content (AvgIpc) is 2.87. The van der Waals surface area contributed by atoms with Crippen molar-refractivity contribution < 1.29 is 22.7 Å². The zero-order chi connectivity index (χ0) is 25.4. The molecule has 1 atom stereocenters. The van der Waals surface area contributed by atoms with Gasteiger partial charge in [-0.15, -0.1) is 0 Å². The van der Waals surface area contributed by atoms with Crippen LogP contribution < -0.4 is 15.4 Å². The number of benzene rings is 2. The van der Waals surface area contributed by atoms with Crippen molar-refractivity contribution in [3.8, 4) is 5.75 Å². The SMILES string of the molecule is CC[C@@H](C)NC(=O)c1ccccc1NC(=O)CCc1cc(S(=O)(=O)N2CCCCC2)ccc1OC. The minimum Gasteiger partial charge on any atom is -0.496 e. The third-order valence-corrected chi connectivity index (χ3v) is 8.16. The third kappa shape index (κ3) is 6.82. The molecule has 1 aliphatic rings. The van der Waals surface area contributed by atoms with E-state index in [4.69, 9.17) is 4.74 Å². The topological polar surface area (TPSA) is 105 Å². The fourth-order valence-corrected chi connectivity index (χ4v) is 5.59. The van der Waals surface area contributed by atoms with Gasteiger partial charge in [-0.2, -0.15) is 4.31 Å². The number of methoxy groups -OCH3 is 1. The second-order valence-electron chi connectivity index (χ2n) is 8.81. The summed E-state index contributed by atoms with van der Waals surface area (Å²) in [6.07, 6.45) is 3.95. The first-order valence-electron chi connectivity index (χ1n) is 12.1. The number of nitrogens with zero attached hydrogens (tertiary/aromatic N) is 1. The van der Waals surface area contributed by atoms with Gasteiger partial charge in [0.15, 0.2) is 0 Å². The van der Waals surface area contributed by atoms with Crippen LogP contribution in [0.4, 0.5) is 5.69 Å². The molecule has 0 radical (unpaired) electrons. The molecule has 1 aliphatic heterocycles. The summed E-state index contributed by atoms with van der Waals surface area (Å²) >= 11 is 0. The number of rotatable bonds is 10. The number of nitrogens with one attached hydrogen (secondary N) is 2. The summed E-state index contributed by atoms with van der Waals surface area (Å²) in [5, 5.41) is 5.73. The number of aryl methyl sites for hydroxylation is 1. The molecule has 1 saturated heterocycles. The quantitative estimate of drug-likeness (QED) is 0.513. The lowest BCUT2D eigenvalue weighted by atomic mass is 10.1. The molecule has 0 aliphatic carbocycles. The van der Waals surface area contributed by atoms with Gasteiger partial charge in [-0.1, -0.05) is 25.5 Å². The van der Waals surface area contributed by atoms with E-state index in [2.05, 4.69) is 10.6 Å². The molecule has 0 spiro atoms. The van der Waals surface area contributed by atoms with Crippen LogP contribution in [0.1, 0.15) is 61.9 Å². The highest BCUT2D eigenvalue weighted by atomic mass is 32.2. The molecule has 3 rings (SSSR count). The molecule has 0 aromatic heterocycles. The van der Waals surface area contributed by atoms with Gasteiger partial charge in [0.1, 0.15) is 5.75 Å². The zero-order valence-corrected chi connectivity index (χ0v) is 21.5. The number of sulfonamides is 1. The summed E-state index contributed by atoms with van der Waals surface area (Å²) in [5.74, 6) is 0.0106. The maximum Gasteiger partial charge on any atom is 0.253 e. The summed E-state index contributed by atoms with van der Waals surface area (Å²) in [7, 11) is -2.07. The fourth-order valence-electron chi connectivity index (χ4n) is 4.02. The number of carbonyl (C=O) groups excluding carboxylic acids is 2. The van der Waals surface area contributed by atoms with Gasteiger partial charge in [0.2, 0.25) is 15.9 Å². The smallest absolute Gasteiger partial charge is 0.253 e. The van der Waals surface area contributed by atoms with E-state index in [-0.39, 0.29) is 29.2 Å². The summed E-state index contributed by atoms with van der Waals surface area (Å²) in [5.41, 5.74) is 1.48. The van der Waals surface area contributed by atoms with Crippen LogP contribution in [0.25, 0.3) is 0 Å². The second-order valence-corrected chi connectivity index (χ2v) is 10.8. The van der Waals surface area contributed by atoms with E-state index in [9.17, 15) is 18.0 Å². The molecular weight excluding hydrogens is 466 g/mol. The largest absolute Gasteiger partial charge is 0.496 e. The minimum atomic E-state index is -3.59. The second kappa shape index (κ2) is 12.2. The molecular formula is C26H35N3O5S. The average molecular weight is 502 g/mol. The molecule has 2 aromatic carbocycles. The maximum absolute atomic E-state index is 13.1. The molecule has 1 heterocycles. The van der Waals surface area contributed by atoms with Crippen LogP contribution in [0.2, 0.25) is 0 Å². The Hall–Kier alpha value is -2.91. The maximum atomic E-state index is 13.1. The number of piperidine rings is 1. The lowest BCUT2D eigenvalue weighted by Crippen LogP contribution is -2.35. The molecule has 1 fully saturated rings. The lowest BCUT2D eigenvalue weighted by molar-refractivity contribution is -0.116. The first kappa shape index (κ1) is 26.7. The first-order valence-corrected chi connectivity index (χ1v) is 13.6. The molecule has 0 unspecified atom stereocenters. The van der Waals surface area contributed by atoms with Gasteiger partial charge in [0.05, 0.1) is 23.3 Å². The molecule has 9 heteroatoms. The van der Waals surface area contributed by atoms with Crippen molar-refractivity contribution in [1.29, 1.82) is 0 Å². The van der Waals surface area contributed by atoms with Crippen molar-refractivity contribution in [2.24, 2.45) is 0 Å². The highest BCUT2D eigenvalue weighted by Gasteiger charge is 2.26. The van der Waals surface area contributed by atoms with Crippen LogP contribution in [0.5, 0.6) is 5.75 Å². The number of carbonyl (C=O) groups is 2. The first-order chi connectivity index (χ1) is 16.8. The number of hydrogen-bond acceptors (Lipinski definition) is 5. The molecule has 35 heavy (non-hydrogen) atoms. The predicted molar refractivity (Wildman–Crippen MR) is 136 cm³/mol. The lowest BCUT2D eigenvalue weighted by Gasteiger charge is -2.26. The third-order valence-electron chi connectivity index (χ3n) is 6.26. The van der Waals surface area contributed by atoms with E-state index in [1.165, 1.54) is 11.4 Å². The fraction of sp³-hybridized carbons (Fsp3) is 0.462. The van der Waals surface area contributed by atoms with E-state index in [1.807, 2.05) is 13.8 Å². The van der Waals surface area contributed by atoms with E-state index < -0.39 is 10.0 Å². The Kier molecular flexibility index (Phi) is 9.28. The highest BCUT2D eigenvalue weighted by Crippen LogP contribution is 2.27. The number of anilines is 1. The molecule has 0 bridgehead atoms. The summed E-state index contributed by atoms with van der Waals surface area (Å²) in [6, 6.07) is 11.7. The molecule has 8 nitrogen and oxygen atoms in total. The van der Waals surface area contributed by atoms with Gasteiger partial charge in [-0.3, -0.25) is 9.59 Å². The number of hydrogen-bond donors (Lipinski definition) is 2. The van der Waals surface area contributed by atoms with E-state index in [0.717, 1.165) is 25.7 Å². The van der Waals surface area contributed by atoms with E-state index in [1.54, 1.807) is 42.5 Å². The summed E-state index contributed by atoms with van der Waals surface area (Å²) in [4.78, 5) is 25.6.